The Bertz CT molecular complexity index is 974. The Morgan fingerprint density at radius 3 is 2.87 bits per heavy atom. The van der Waals surface area contributed by atoms with Crippen molar-refractivity contribution in [1.82, 2.24) is 15.0 Å². The second-order valence-corrected chi connectivity index (χ2v) is 9.54. The first-order valence-corrected chi connectivity index (χ1v) is 11.7. The smallest absolute Gasteiger partial charge is 0.329 e. The third-order valence-corrected chi connectivity index (χ3v) is 7.12. The fourth-order valence-electron chi connectivity index (χ4n) is 4.00. The Labute approximate surface area is 176 Å². The number of carbonyl (C=O) groups excluding carboxylic acids is 1. The summed E-state index contributed by atoms with van der Waals surface area (Å²) in [5, 5.41) is 7.55. The van der Waals surface area contributed by atoms with Crippen LogP contribution in [0.25, 0.3) is 0 Å². The molecule has 2 amide bonds. The first-order chi connectivity index (χ1) is 14.5. The van der Waals surface area contributed by atoms with E-state index in [2.05, 4.69) is 28.1 Å². The van der Waals surface area contributed by atoms with Crippen LogP contribution in [0.2, 0.25) is 0 Å². The third kappa shape index (κ3) is 4.27. The van der Waals surface area contributed by atoms with Crippen molar-refractivity contribution < 1.29 is 17.9 Å². The first-order valence-electron chi connectivity index (χ1n) is 10.1. The monoisotopic (exact) mass is 430 g/mol. The predicted octanol–water partition coefficient (Wildman–Crippen LogP) is 2.30. The molecule has 3 aliphatic rings. The minimum absolute atomic E-state index is 0.225. The number of ether oxygens (including phenoxy) is 1. The van der Waals surface area contributed by atoms with Crippen LogP contribution in [-0.2, 0) is 14.8 Å². The lowest BCUT2D eigenvalue weighted by Crippen LogP contribution is -2.52. The summed E-state index contributed by atoms with van der Waals surface area (Å²) < 4.78 is 33.5. The number of hydrazone groups is 1. The quantitative estimate of drug-likeness (QED) is 0.747. The van der Waals surface area contributed by atoms with Crippen molar-refractivity contribution in [2.24, 2.45) is 11.0 Å². The van der Waals surface area contributed by atoms with Crippen LogP contribution < -0.4 is 10.0 Å². The van der Waals surface area contributed by atoms with Gasteiger partial charge in [0.05, 0.1) is 12.6 Å². The van der Waals surface area contributed by atoms with E-state index in [1.54, 1.807) is 5.01 Å². The van der Waals surface area contributed by atoms with Crippen molar-refractivity contribution in [1.29, 1.82) is 0 Å². The molecular formula is C21H26N4O4S. The van der Waals surface area contributed by atoms with E-state index in [0.29, 0.717) is 13.2 Å². The molecule has 8 nitrogen and oxygen atoms in total. The largest absolute Gasteiger partial charge is 0.355 e. The Kier molecular flexibility index (Phi) is 5.92. The molecule has 0 bridgehead atoms. The molecule has 0 spiro atoms. The van der Waals surface area contributed by atoms with Gasteiger partial charge in [0.2, 0.25) is 10.0 Å². The van der Waals surface area contributed by atoms with E-state index in [1.165, 1.54) is 6.21 Å². The molecule has 1 aromatic carbocycles. The summed E-state index contributed by atoms with van der Waals surface area (Å²) in [4.78, 5) is 12.8. The van der Waals surface area contributed by atoms with Crippen molar-refractivity contribution in [3.63, 3.8) is 0 Å². The van der Waals surface area contributed by atoms with Crippen molar-refractivity contribution in [3.05, 3.63) is 59.7 Å². The van der Waals surface area contributed by atoms with Crippen molar-refractivity contribution >= 4 is 22.3 Å². The van der Waals surface area contributed by atoms with Crippen LogP contribution in [0.4, 0.5) is 4.79 Å². The maximum absolute atomic E-state index is 12.9. The molecule has 0 radical (unpaired) electrons. The fraction of sp³-hybridized carbons (Fsp3) is 0.429. The molecule has 9 heteroatoms. The Balaban J connectivity index is 1.51. The van der Waals surface area contributed by atoms with Gasteiger partial charge in [-0.1, -0.05) is 55.5 Å². The molecule has 1 aliphatic carbocycles. The lowest BCUT2D eigenvalue weighted by atomic mass is 9.85. The fourth-order valence-corrected chi connectivity index (χ4v) is 5.19. The second-order valence-electron chi connectivity index (χ2n) is 7.70. The highest BCUT2D eigenvalue weighted by molar-refractivity contribution is 7.91. The summed E-state index contributed by atoms with van der Waals surface area (Å²) in [6.07, 6.45) is 8.32. The van der Waals surface area contributed by atoms with E-state index < -0.39 is 33.6 Å². The van der Waals surface area contributed by atoms with Crippen LogP contribution in [-0.4, -0.2) is 50.3 Å². The lowest BCUT2D eigenvalue weighted by molar-refractivity contribution is -0.0779. The van der Waals surface area contributed by atoms with Gasteiger partial charge < -0.3 is 10.1 Å². The van der Waals surface area contributed by atoms with Gasteiger partial charge >= 0.3 is 6.03 Å². The van der Waals surface area contributed by atoms with Gasteiger partial charge in [-0.2, -0.15) is 5.10 Å². The minimum Gasteiger partial charge on any atom is -0.355 e. The van der Waals surface area contributed by atoms with Gasteiger partial charge in [0, 0.05) is 12.8 Å². The maximum Gasteiger partial charge on any atom is 0.329 e. The summed E-state index contributed by atoms with van der Waals surface area (Å²) in [6, 6.07) is 8.33. The van der Waals surface area contributed by atoms with E-state index in [4.69, 9.17) is 4.74 Å². The molecule has 1 aromatic rings. The first kappa shape index (κ1) is 20.6. The molecule has 30 heavy (non-hydrogen) atoms. The van der Waals surface area contributed by atoms with Gasteiger partial charge in [0.1, 0.15) is 0 Å². The molecule has 4 unspecified atom stereocenters. The SMILES string of the molecule is CC1CC=CC=C1C(NC(=O)NS(=O)(=O)C1C=NN2CCCOC12)c1ccccc1. The number of fused-ring (bicyclic) bond motifs is 1. The highest BCUT2D eigenvalue weighted by atomic mass is 32.2. The number of rotatable bonds is 5. The van der Waals surface area contributed by atoms with Gasteiger partial charge in [0.25, 0.3) is 0 Å². The number of benzene rings is 1. The number of urea groups is 1. The van der Waals surface area contributed by atoms with Crippen LogP contribution in [0.1, 0.15) is 31.4 Å². The molecule has 2 aliphatic heterocycles. The van der Waals surface area contributed by atoms with Crippen LogP contribution in [0.5, 0.6) is 0 Å². The number of sulfonamides is 1. The zero-order valence-corrected chi connectivity index (χ0v) is 17.6. The summed E-state index contributed by atoms with van der Waals surface area (Å²) in [5.41, 5.74) is 1.92. The highest BCUT2D eigenvalue weighted by Crippen LogP contribution is 2.32. The van der Waals surface area contributed by atoms with E-state index in [1.807, 2.05) is 42.5 Å². The van der Waals surface area contributed by atoms with Gasteiger partial charge in [0.15, 0.2) is 11.5 Å². The lowest BCUT2D eigenvalue weighted by Gasteiger charge is -2.31. The molecule has 2 N–H and O–H groups in total. The zero-order valence-electron chi connectivity index (χ0n) is 16.8. The van der Waals surface area contributed by atoms with Crippen LogP contribution >= 0.6 is 0 Å². The molecule has 160 valence electrons. The molecule has 1 fully saturated rings. The van der Waals surface area contributed by atoms with E-state index >= 15 is 0 Å². The maximum atomic E-state index is 12.9. The number of hydrogen-bond donors (Lipinski definition) is 2. The number of carbonyl (C=O) groups is 1. The third-order valence-electron chi connectivity index (χ3n) is 5.58. The summed E-state index contributed by atoms with van der Waals surface area (Å²) in [5.74, 6) is 0.225. The average molecular weight is 431 g/mol. The van der Waals surface area contributed by atoms with Gasteiger partial charge in [-0.25, -0.2) is 17.9 Å². The summed E-state index contributed by atoms with van der Waals surface area (Å²) >= 11 is 0. The Morgan fingerprint density at radius 2 is 2.10 bits per heavy atom. The molecule has 2 heterocycles. The highest BCUT2D eigenvalue weighted by Gasteiger charge is 2.43. The standard InChI is InChI=1S/C21H26N4O4S/c1-15-8-5-6-11-17(15)19(16-9-3-2-4-10-16)23-21(26)24-30(27,28)18-14-22-25-12-7-13-29-20(18)25/h2-6,9-11,14-15,18-20H,7-8,12-13H2,1H3,(H2,23,24,26). The van der Waals surface area contributed by atoms with E-state index in [0.717, 1.165) is 24.0 Å². The zero-order chi connectivity index (χ0) is 21.1. The van der Waals surface area contributed by atoms with Crippen molar-refractivity contribution in [3.8, 4) is 0 Å². The van der Waals surface area contributed by atoms with Gasteiger partial charge in [-0.3, -0.25) is 5.01 Å². The predicted molar refractivity (Wildman–Crippen MR) is 114 cm³/mol. The molecule has 0 saturated carbocycles. The van der Waals surface area contributed by atoms with Gasteiger partial charge in [-0.05, 0) is 29.9 Å². The number of nitrogens with one attached hydrogen (secondary N) is 2. The molecule has 4 rings (SSSR count). The van der Waals surface area contributed by atoms with Crippen LogP contribution in [0.15, 0.2) is 59.2 Å². The topological polar surface area (TPSA) is 100 Å². The van der Waals surface area contributed by atoms with Crippen molar-refractivity contribution in [2.45, 2.75) is 37.3 Å². The number of nitrogens with zero attached hydrogens (tertiary/aromatic N) is 2. The molecule has 4 atom stereocenters. The summed E-state index contributed by atoms with van der Waals surface area (Å²) in [6.45, 7) is 3.19. The van der Waals surface area contributed by atoms with Crippen molar-refractivity contribution in [2.75, 3.05) is 13.2 Å². The van der Waals surface area contributed by atoms with E-state index in [-0.39, 0.29) is 5.92 Å². The van der Waals surface area contributed by atoms with E-state index in [9.17, 15) is 13.2 Å². The number of hydrogen-bond acceptors (Lipinski definition) is 6. The van der Waals surface area contributed by atoms with Crippen LogP contribution in [0, 0.1) is 5.92 Å². The van der Waals surface area contributed by atoms with Crippen LogP contribution in [0.3, 0.4) is 0 Å². The molecule has 1 saturated heterocycles. The Morgan fingerprint density at radius 1 is 1.30 bits per heavy atom. The number of amides is 2. The summed E-state index contributed by atoms with van der Waals surface area (Å²) in [7, 11) is -4.01. The molecule has 0 aromatic heterocycles. The second kappa shape index (κ2) is 8.61. The number of allylic oxidation sites excluding steroid dienone is 3. The normalized spacial score (nSPS) is 26.6. The van der Waals surface area contributed by atoms with Gasteiger partial charge in [-0.15, -0.1) is 0 Å². The minimum atomic E-state index is -4.01. The Hall–Kier alpha value is -2.65. The average Bonchev–Trinajstić information content (AvgIpc) is 3.18. The molecular weight excluding hydrogens is 404 g/mol.